The van der Waals surface area contributed by atoms with Crippen molar-refractivity contribution in [2.75, 3.05) is 24.5 Å². The van der Waals surface area contributed by atoms with Gasteiger partial charge in [0.05, 0.1) is 0 Å². The molecule has 1 heterocycles. The predicted molar refractivity (Wildman–Crippen MR) is 72.9 cm³/mol. The zero-order valence-electron chi connectivity index (χ0n) is 11.1. The molecule has 1 aromatic rings. The topological polar surface area (TPSA) is 75.0 Å². The number of nitrogens with zero attached hydrogens (tertiary/aromatic N) is 2. The summed E-state index contributed by atoms with van der Waals surface area (Å²) in [7, 11) is 0. The Balaban J connectivity index is 2.24. The van der Waals surface area contributed by atoms with Gasteiger partial charge >= 0.3 is 0 Å². The van der Waals surface area contributed by atoms with Crippen LogP contribution in [0.15, 0.2) is 10.9 Å². The third-order valence-corrected chi connectivity index (χ3v) is 3.02. The molecule has 1 aliphatic carbocycles. The van der Waals surface area contributed by atoms with E-state index in [0.29, 0.717) is 18.4 Å². The first-order valence-electron chi connectivity index (χ1n) is 6.66. The van der Waals surface area contributed by atoms with Gasteiger partial charge in [-0.15, -0.1) is 0 Å². The largest absolute Gasteiger partial charge is 0.355 e. The van der Waals surface area contributed by atoms with E-state index in [1.807, 2.05) is 0 Å². The van der Waals surface area contributed by atoms with Gasteiger partial charge < -0.3 is 15.6 Å². The normalized spacial score (nSPS) is 15.1. The highest BCUT2D eigenvalue weighted by Gasteiger charge is 2.27. The molecule has 18 heavy (non-hydrogen) atoms. The van der Waals surface area contributed by atoms with Crippen molar-refractivity contribution >= 4 is 5.82 Å². The second-order valence-corrected chi connectivity index (χ2v) is 5.39. The van der Waals surface area contributed by atoms with E-state index in [2.05, 4.69) is 28.7 Å². The summed E-state index contributed by atoms with van der Waals surface area (Å²) >= 11 is 0. The van der Waals surface area contributed by atoms with Crippen LogP contribution in [0.2, 0.25) is 0 Å². The summed E-state index contributed by atoms with van der Waals surface area (Å²) < 4.78 is 0. The molecule has 0 radical (unpaired) electrons. The Morgan fingerprint density at radius 3 is 2.83 bits per heavy atom. The molecule has 0 bridgehead atoms. The molecule has 0 aromatic carbocycles. The smallest absolute Gasteiger partial charge is 0.252 e. The van der Waals surface area contributed by atoms with Crippen LogP contribution in [0.3, 0.4) is 0 Å². The Hall–Kier alpha value is -1.36. The molecule has 2 rings (SSSR count). The minimum absolute atomic E-state index is 0.0623. The van der Waals surface area contributed by atoms with E-state index in [0.717, 1.165) is 37.6 Å². The number of aromatic nitrogens is 2. The molecule has 100 valence electrons. The van der Waals surface area contributed by atoms with E-state index in [4.69, 9.17) is 5.73 Å². The van der Waals surface area contributed by atoms with Crippen LogP contribution in [-0.4, -0.2) is 29.6 Å². The Labute approximate surface area is 107 Å². The average molecular weight is 250 g/mol. The number of hydrogen-bond acceptors (Lipinski definition) is 4. The zero-order valence-corrected chi connectivity index (χ0v) is 11.1. The highest BCUT2D eigenvalue weighted by atomic mass is 16.1. The van der Waals surface area contributed by atoms with E-state index >= 15 is 0 Å². The molecule has 1 aliphatic rings. The monoisotopic (exact) mass is 250 g/mol. The molecule has 1 saturated carbocycles. The van der Waals surface area contributed by atoms with Gasteiger partial charge in [0.1, 0.15) is 11.6 Å². The van der Waals surface area contributed by atoms with Gasteiger partial charge in [0, 0.05) is 31.6 Å². The fourth-order valence-electron chi connectivity index (χ4n) is 2.07. The summed E-state index contributed by atoms with van der Waals surface area (Å²) in [6, 6.07) is 1.57. The maximum atomic E-state index is 11.7. The van der Waals surface area contributed by atoms with Gasteiger partial charge in [-0.3, -0.25) is 4.79 Å². The Morgan fingerprint density at radius 2 is 2.28 bits per heavy atom. The van der Waals surface area contributed by atoms with Crippen molar-refractivity contribution in [2.24, 2.45) is 11.7 Å². The van der Waals surface area contributed by atoms with Crippen molar-refractivity contribution in [3.63, 3.8) is 0 Å². The van der Waals surface area contributed by atoms with Crippen LogP contribution < -0.4 is 16.2 Å². The molecule has 1 aromatic heterocycles. The highest BCUT2D eigenvalue weighted by Crippen LogP contribution is 2.37. The maximum absolute atomic E-state index is 11.7. The van der Waals surface area contributed by atoms with Crippen molar-refractivity contribution < 1.29 is 0 Å². The van der Waals surface area contributed by atoms with Gasteiger partial charge in [-0.05, 0) is 18.8 Å². The molecule has 0 saturated heterocycles. The van der Waals surface area contributed by atoms with E-state index in [1.54, 1.807) is 6.07 Å². The van der Waals surface area contributed by atoms with Crippen LogP contribution in [0.25, 0.3) is 0 Å². The number of aromatic amines is 1. The fourth-order valence-corrected chi connectivity index (χ4v) is 2.07. The number of hydrogen-bond donors (Lipinski definition) is 2. The lowest BCUT2D eigenvalue weighted by Gasteiger charge is -2.25. The summed E-state index contributed by atoms with van der Waals surface area (Å²) in [6.07, 6.45) is 2.26. The van der Waals surface area contributed by atoms with Gasteiger partial charge in [-0.1, -0.05) is 13.8 Å². The molecule has 3 N–H and O–H groups in total. The second-order valence-electron chi connectivity index (χ2n) is 5.39. The number of rotatable bonds is 6. The summed E-state index contributed by atoms with van der Waals surface area (Å²) in [6.45, 7) is 6.48. The van der Waals surface area contributed by atoms with E-state index in [1.165, 1.54) is 0 Å². The zero-order chi connectivity index (χ0) is 13.1. The Bertz CT molecular complexity index is 451. The van der Waals surface area contributed by atoms with Crippen LogP contribution in [0.1, 0.15) is 38.4 Å². The fraction of sp³-hybridized carbons (Fsp3) is 0.692. The third-order valence-electron chi connectivity index (χ3n) is 3.02. The molecule has 5 nitrogen and oxygen atoms in total. The van der Waals surface area contributed by atoms with Crippen LogP contribution in [0, 0.1) is 5.92 Å². The van der Waals surface area contributed by atoms with Crippen molar-refractivity contribution in [1.29, 1.82) is 0 Å². The molecular weight excluding hydrogens is 228 g/mol. The summed E-state index contributed by atoms with van der Waals surface area (Å²) in [5.74, 6) is 2.57. The number of nitrogens with two attached hydrogens (primary N) is 1. The predicted octanol–water partition coefficient (Wildman–Crippen LogP) is 1.07. The molecule has 5 heteroatoms. The van der Waals surface area contributed by atoms with Crippen molar-refractivity contribution in [1.82, 2.24) is 9.97 Å². The SMILES string of the molecule is CC(C)CN(CCN)c1cc(=O)[nH]c(C2CC2)n1. The quantitative estimate of drug-likeness (QED) is 0.792. The molecule has 1 fully saturated rings. The average Bonchev–Trinajstić information content (AvgIpc) is 3.10. The second kappa shape index (κ2) is 5.52. The third kappa shape index (κ3) is 3.32. The first-order chi connectivity index (χ1) is 8.60. The first-order valence-corrected chi connectivity index (χ1v) is 6.66. The lowest BCUT2D eigenvalue weighted by molar-refractivity contribution is 0.605. The highest BCUT2D eigenvalue weighted by molar-refractivity contribution is 5.38. The van der Waals surface area contributed by atoms with Gasteiger partial charge in [0.25, 0.3) is 5.56 Å². The Kier molecular flexibility index (Phi) is 4.01. The standard InChI is InChI=1S/C13H22N4O/c1-9(2)8-17(6-5-14)11-7-12(18)16-13(15-11)10-3-4-10/h7,9-10H,3-6,8,14H2,1-2H3,(H,15,16,18). The molecule has 0 atom stereocenters. The van der Waals surface area contributed by atoms with Gasteiger partial charge in [0.2, 0.25) is 0 Å². The van der Waals surface area contributed by atoms with Gasteiger partial charge in [0.15, 0.2) is 0 Å². The van der Waals surface area contributed by atoms with Gasteiger partial charge in [-0.25, -0.2) is 4.98 Å². The minimum Gasteiger partial charge on any atom is -0.355 e. The molecule has 0 aliphatic heterocycles. The number of nitrogens with one attached hydrogen (secondary N) is 1. The van der Waals surface area contributed by atoms with Crippen molar-refractivity contribution in [3.8, 4) is 0 Å². The van der Waals surface area contributed by atoms with E-state index in [-0.39, 0.29) is 5.56 Å². The van der Waals surface area contributed by atoms with Crippen molar-refractivity contribution in [2.45, 2.75) is 32.6 Å². The molecule has 0 amide bonds. The van der Waals surface area contributed by atoms with E-state index in [9.17, 15) is 4.79 Å². The Morgan fingerprint density at radius 1 is 1.56 bits per heavy atom. The van der Waals surface area contributed by atoms with Crippen LogP contribution >= 0.6 is 0 Å². The van der Waals surface area contributed by atoms with Crippen LogP contribution in [-0.2, 0) is 0 Å². The van der Waals surface area contributed by atoms with Crippen LogP contribution in [0.4, 0.5) is 5.82 Å². The number of H-pyrrole nitrogens is 1. The summed E-state index contributed by atoms with van der Waals surface area (Å²) in [5, 5.41) is 0. The minimum atomic E-state index is -0.0623. The first kappa shape index (κ1) is 13.1. The maximum Gasteiger partial charge on any atom is 0.252 e. The van der Waals surface area contributed by atoms with Crippen molar-refractivity contribution in [3.05, 3.63) is 22.2 Å². The number of anilines is 1. The lowest BCUT2D eigenvalue weighted by atomic mass is 10.2. The summed E-state index contributed by atoms with van der Waals surface area (Å²) in [4.78, 5) is 21.2. The van der Waals surface area contributed by atoms with Gasteiger partial charge in [-0.2, -0.15) is 0 Å². The van der Waals surface area contributed by atoms with E-state index < -0.39 is 0 Å². The molecule has 0 spiro atoms. The summed E-state index contributed by atoms with van der Waals surface area (Å²) in [5.41, 5.74) is 5.57. The molecular formula is C13H22N4O. The lowest BCUT2D eigenvalue weighted by Crippen LogP contribution is -2.34. The molecule has 0 unspecified atom stereocenters. The van der Waals surface area contributed by atoms with Crippen LogP contribution in [0.5, 0.6) is 0 Å².